The van der Waals surface area contributed by atoms with E-state index in [-0.39, 0.29) is 0 Å². The van der Waals surface area contributed by atoms with Crippen LogP contribution in [-0.4, -0.2) is 75.5 Å². The van der Waals surface area contributed by atoms with Crippen molar-refractivity contribution in [1.29, 1.82) is 0 Å². The van der Waals surface area contributed by atoms with Crippen LogP contribution in [0.5, 0.6) is 0 Å². The molecule has 8 heteroatoms. The molecule has 0 spiro atoms. The monoisotopic (exact) mass is 479 g/mol. The molecule has 0 aliphatic carbocycles. The quantitative estimate of drug-likeness (QED) is 0.477. The van der Waals surface area contributed by atoms with Crippen LogP contribution in [0, 0.1) is 0 Å². The Hall–Kier alpha value is -3.49. The number of pyridine rings is 1. The van der Waals surface area contributed by atoms with Crippen molar-refractivity contribution in [3.05, 3.63) is 60.2 Å². The van der Waals surface area contributed by atoms with Gasteiger partial charge >= 0.3 is 11.9 Å². The summed E-state index contributed by atoms with van der Waals surface area (Å²) < 4.78 is 0. The van der Waals surface area contributed by atoms with Crippen LogP contribution in [0.4, 0.5) is 5.82 Å². The van der Waals surface area contributed by atoms with Crippen molar-refractivity contribution in [2.24, 2.45) is 0 Å². The standard InChI is InChI=1S/C25H31N3O.C2H2O4/c1-4-27-13-15-28(16-14-27)24-22-8-6-5-7-21(22)17-23(26-24)20-11-9-19(10-12-20)18-25(2,3)29;3-1(4)2(5)6/h5-12,17,29H,4,13-16,18H2,1-3H3;(H,3,4)(H,5,6). The van der Waals surface area contributed by atoms with Gasteiger partial charge in [0.1, 0.15) is 5.82 Å². The summed E-state index contributed by atoms with van der Waals surface area (Å²) in [6.45, 7) is 11.2. The number of aliphatic hydroxyl groups is 1. The van der Waals surface area contributed by atoms with Gasteiger partial charge in [-0.2, -0.15) is 0 Å². The molecule has 2 aromatic carbocycles. The van der Waals surface area contributed by atoms with Crippen LogP contribution < -0.4 is 4.90 Å². The van der Waals surface area contributed by atoms with Gasteiger partial charge < -0.3 is 25.1 Å². The van der Waals surface area contributed by atoms with Gasteiger partial charge in [-0.05, 0) is 37.4 Å². The van der Waals surface area contributed by atoms with Crippen molar-refractivity contribution in [1.82, 2.24) is 9.88 Å². The molecule has 1 aliphatic rings. The second kappa shape index (κ2) is 11.3. The maximum Gasteiger partial charge on any atom is 0.414 e. The summed E-state index contributed by atoms with van der Waals surface area (Å²) in [7, 11) is 0. The zero-order valence-corrected chi connectivity index (χ0v) is 20.4. The topological polar surface area (TPSA) is 114 Å². The zero-order chi connectivity index (χ0) is 25.6. The number of carbonyl (C=O) groups is 2. The lowest BCUT2D eigenvalue weighted by Gasteiger charge is -2.35. The smallest absolute Gasteiger partial charge is 0.414 e. The minimum Gasteiger partial charge on any atom is -0.473 e. The Morgan fingerprint density at radius 2 is 1.54 bits per heavy atom. The third-order valence-electron chi connectivity index (χ3n) is 5.91. The van der Waals surface area contributed by atoms with Gasteiger partial charge in [0.2, 0.25) is 0 Å². The third kappa shape index (κ3) is 7.24. The van der Waals surface area contributed by atoms with Gasteiger partial charge in [0, 0.05) is 43.5 Å². The summed E-state index contributed by atoms with van der Waals surface area (Å²) in [5.74, 6) is -2.56. The van der Waals surface area contributed by atoms with Gasteiger partial charge in [0.25, 0.3) is 0 Å². The van der Waals surface area contributed by atoms with Crippen LogP contribution in [-0.2, 0) is 16.0 Å². The largest absolute Gasteiger partial charge is 0.473 e. The molecule has 3 N–H and O–H groups in total. The van der Waals surface area contributed by atoms with Crippen LogP contribution in [0.2, 0.25) is 0 Å². The minimum atomic E-state index is -1.82. The molecule has 3 aromatic rings. The van der Waals surface area contributed by atoms with Crippen molar-refractivity contribution in [3.8, 4) is 11.3 Å². The number of hydrogen-bond acceptors (Lipinski definition) is 6. The fourth-order valence-electron chi connectivity index (χ4n) is 4.14. The molecule has 1 saturated heterocycles. The van der Waals surface area contributed by atoms with E-state index >= 15 is 0 Å². The number of hydrogen-bond donors (Lipinski definition) is 3. The lowest BCUT2D eigenvalue weighted by molar-refractivity contribution is -0.159. The van der Waals surface area contributed by atoms with Crippen LogP contribution >= 0.6 is 0 Å². The molecule has 8 nitrogen and oxygen atoms in total. The second-order valence-electron chi connectivity index (χ2n) is 9.27. The van der Waals surface area contributed by atoms with Crippen molar-refractivity contribution in [3.63, 3.8) is 0 Å². The number of carboxylic acids is 2. The second-order valence-corrected chi connectivity index (χ2v) is 9.27. The van der Waals surface area contributed by atoms with Gasteiger partial charge in [-0.25, -0.2) is 14.6 Å². The number of fused-ring (bicyclic) bond motifs is 1. The first-order valence-corrected chi connectivity index (χ1v) is 11.7. The number of rotatable bonds is 5. The highest BCUT2D eigenvalue weighted by atomic mass is 16.4. The van der Waals surface area contributed by atoms with Crippen molar-refractivity contribution < 1.29 is 24.9 Å². The fraction of sp³-hybridized carbons (Fsp3) is 0.370. The number of aromatic nitrogens is 1. The maximum absolute atomic E-state index is 10.1. The summed E-state index contributed by atoms with van der Waals surface area (Å²) >= 11 is 0. The van der Waals surface area contributed by atoms with Gasteiger partial charge in [-0.1, -0.05) is 55.5 Å². The van der Waals surface area contributed by atoms with Gasteiger partial charge in [-0.3, -0.25) is 0 Å². The molecule has 0 radical (unpaired) electrons. The summed E-state index contributed by atoms with van der Waals surface area (Å²) in [5, 5.41) is 27.3. The predicted molar refractivity (Wildman–Crippen MR) is 137 cm³/mol. The van der Waals surface area contributed by atoms with E-state index in [9.17, 15) is 5.11 Å². The van der Waals surface area contributed by atoms with E-state index in [2.05, 4.69) is 71.3 Å². The molecule has 0 unspecified atom stereocenters. The summed E-state index contributed by atoms with van der Waals surface area (Å²) in [6, 6.07) is 19.2. The van der Waals surface area contributed by atoms with E-state index in [0.717, 1.165) is 55.4 Å². The number of carboxylic acid groups (broad SMARTS) is 2. The van der Waals surface area contributed by atoms with E-state index in [1.807, 2.05) is 13.8 Å². The maximum atomic E-state index is 10.1. The zero-order valence-electron chi connectivity index (χ0n) is 20.4. The highest BCUT2D eigenvalue weighted by molar-refractivity contribution is 6.27. The molecular formula is C27H33N3O5. The van der Waals surface area contributed by atoms with Crippen molar-refractivity contribution >= 4 is 28.5 Å². The SMILES string of the molecule is CCN1CCN(c2nc(-c3ccc(CC(C)(C)O)cc3)cc3ccccc23)CC1.O=C(O)C(=O)O. The third-order valence-corrected chi connectivity index (χ3v) is 5.91. The molecular weight excluding hydrogens is 446 g/mol. The molecule has 1 fully saturated rings. The number of aliphatic carboxylic acids is 2. The number of piperazine rings is 1. The average molecular weight is 480 g/mol. The number of likely N-dealkylation sites (N-methyl/N-ethyl adjacent to an activating group) is 1. The average Bonchev–Trinajstić information content (AvgIpc) is 2.83. The molecule has 35 heavy (non-hydrogen) atoms. The van der Waals surface area contributed by atoms with Crippen molar-refractivity contribution in [2.45, 2.75) is 32.8 Å². The first kappa shape index (κ1) is 26.1. The van der Waals surface area contributed by atoms with Crippen LogP contribution in [0.15, 0.2) is 54.6 Å². The summed E-state index contributed by atoms with van der Waals surface area (Å²) in [4.78, 5) is 28.2. The molecule has 2 heterocycles. The van der Waals surface area contributed by atoms with E-state index in [1.165, 1.54) is 10.8 Å². The Morgan fingerprint density at radius 1 is 0.943 bits per heavy atom. The molecule has 186 valence electrons. The molecule has 0 amide bonds. The normalized spacial score (nSPS) is 14.3. The van der Waals surface area contributed by atoms with Crippen LogP contribution in [0.3, 0.4) is 0 Å². The van der Waals surface area contributed by atoms with E-state index in [0.29, 0.717) is 6.42 Å². The highest BCUT2D eigenvalue weighted by Crippen LogP contribution is 2.31. The number of anilines is 1. The Morgan fingerprint density at radius 3 is 2.09 bits per heavy atom. The Labute approximate surface area is 205 Å². The summed E-state index contributed by atoms with van der Waals surface area (Å²) in [5.41, 5.74) is 2.56. The molecule has 0 saturated carbocycles. The molecule has 4 rings (SSSR count). The van der Waals surface area contributed by atoms with Gasteiger partial charge in [0.05, 0.1) is 11.3 Å². The van der Waals surface area contributed by atoms with Gasteiger partial charge in [-0.15, -0.1) is 0 Å². The van der Waals surface area contributed by atoms with E-state index in [1.54, 1.807) is 0 Å². The Bertz CT molecular complexity index is 1150. The highest BCUT2D eigenvalue weighted by Gasteiger charge is 2.20. The molecule has 0 atom stereocenters. The fourth-order valence-corrected chi connectivity index (χ4v) is 4.14. The van der Waals surface area contributed by atoms with Gasteiger partial charge in [0.15, 0.2) is 0 Å². The lowest BCUT2D eigenvalue weighted by Crippen LogP contribution is -2.46. The van der Waals surface area contributed by atoms with Crippen molar-refractivity contribution in [2.75, 3.05) is 37.6 Å². The summed E-state index contributed by atoms with van der Waals surface area (Å²) in [6.07, 6.45) is 0.644. The van der Waals surface area contributed by atoms with E-state index in [4.69, 9.17) is 24.8 Å². The molecule has 0 bridgehead atoms. The van der Waals surface area contributed by atoms with Crippen LogP contribution in [0.25, 0.3) is 22.0 Å². The first-order chi connectivity index (χ1) is 16.6. The van der Waals surface area contributed by atoms with Crippen LogP contribution in [0.1, 0.15) is 26.3 Å². The number of nitrogens with zero attached hydrogens (tertiary/aromatic N) is 3. The Balaban J connectivity index is 0.000000509. The first-order valence-electron chi connectivity index (χ1n) is 11.7. The predicted octanol–water partition coefficient (Wildman–Crippen LogP) is 3.51. The lowest BCUT2D eigenvalue weighted by atomic mass is 9.97. The minimum absolute atomic E-state index is 0.644. The number of benzene rings is 2. The Kier molecular flexibility index (Phi) is 8.43. The van der Waals surface area contributed by atoms with E-state index < -0.39 is 17.5 Å². The molecule has 1 aromatic heterocycles. The molecule has 1 aliphatic heterocycles.